The Morgan fingerprint density at radius 3 is 2.58 bits per heavy atom. The fourth-order valence-electron chi connectivity index (χ4n) is 2.82. The molecule has 2 amide bonds. The highest BCUT2D eigenvalue weighted by Gasteiger charge is 2.21. The minimum absolute atomic E-state index is 0.171. The number of rotatable bonds is 4. The van der Waals surface area contributed by atoms with Crippen molar-refractivity contribution in [3.8, 4) is 5.00 Å². The maximum atomic E-state index is 12.4. The quantitative estimate of drug-likeness (QED) is 0.520. The molecule has 0 aliphatic carbocycles. The monoisotopic (exact) mass is 407 g/mol. The second-order valence-electron chi connectivity index (χ2n) is 6.04. The van der Waals surface area contributed by atoms with E-state index in [4.69, 9.17) is 23.2 Å². The largest absolute Gasteiger partial charge is 0.331 e. The summed E-state index contributed by atoms with van der Waals surface area (Å²) in [7, 11) is 0. The molecule has 0 aliphatic heterocycles. The molecule has 7 heteroatoms. The summed E-state index contributed by atoms with van der Waals surface area (Å²) in [4.78, 5) is 13.7. The number of nitrogens with zero attached hydrogens (tertiary/aromatic N) is 1. The first kappa shape index (κ1) is 18.8. The van der Waals surface area contributed by atoms with Crippen LogP contribution in [0.15, 0.2) is 42.7 Å². The standard InChI is InChI=1S/C19H19Cl2N3OS/c1-11-13(3)26-18(24-8-4-5-9-24)17(11)12(2)22-19(25)23-16-10-14(20)6-7-15(16)21/h4-10,12H,1-3H3,(H2,22,23,25). The molecule has 2 N–H and O–H groups in total. The summed E-state index contributed by atoms with van der Waals surface area (Å²) >= 11 is 13.8. The van der Waals surface area contributed by atoms with E-state index in [-0.39, 0.29) is 12.1 Å². The molecule has 1 atom stereocenters. The van der Waals surface area contributed by atoms with Crippen LogP contribution in [-0.2, 0) is 0 Å². The average molecular weight is 408 g/mol. The Kier molecular flexibility index (Phi) is 5.61. The van der Waals surface area contributed by atoms with E-state index >= 15 is 0 Å². The molecule has 0 fully saturated rings. The van der Waals surface area contributed by atoms with Crippen molar-refractivity contribution in [3.63, 3.8) is 0 Å². The van der Waals surface area contributed by atoms with Crippen molar-refractivity contribution in [1.82, 2.24) is 9.88 Å². The number of urea groups is 1. The van der Waals surface area contributed by atoms with E-state index in [1.807, 2.05) is 31.5 Å². The number of benzene rings is 1. The zero-order valence-corrected chi connectivity index (χ0v) is 17.0. The number of anilines is 1. The van der Waals surface area contributed by atoms with Gasteiger partial charge in [0, 0.05) is 27.9 Å². The summed E-state index contributed by atoms with van der Waals surface area (Å²) < 4.78 is 2.07. The van der Waals surface area contributed by atoms with E-state index in [1.165, 1.54) is 10.4 Å². The summed E-state index contributed by atoms with van der Waals surface area (Å²) in [5.74, 6) is 0. The lowest BCUT2D eigenvalue weighted by atomic mass is 10.1. The number of amides is 2. The van der Waals surface area contributed by atoms with Crippen LogP contribution in [0.25, 0.3) is 5.00 Å². The Balaban J connectivity index is 1.81. The summed E-state index contributed by atoms with van der Waals surface area (Å²) in [6, 6.07) is 8.42. The maximum Gasteiger partial charge on any atom is 0.319 e. The van der Waals surface area contributed by atoms with E-state index in [0.29, 0.717) is 15.7 Å². The van der Waals surface area contributed by atoms with Gasteiger partial charge in [0.2, 0.25) is 0 Å². The lowest BCUT2D eigenvalue weighted by Crippen LogP contribution is -2.31. The number of halogens is 2. The van der Waals surface area contributed by atoms with E-state index in [2.05, 4.69) is 29.0 Å². The normalized spacial score (nSPS) is 12.0. The SMILES string of the molecule is Cc1sc(-n2cccc2)c(C(C)NC(=O)Nc2cc(Cl)ccc2Cl)c1C. The minimum atomic E-state index is -0.330. The van der Waals surface area contributed by atoms with Crippen LogP contribution in [0.2, 0.25) is 10.0 Å². The van der Waals surface area contributed by atoms with Crippen LogP contribution in [0, 0.1) is 13.8 Å². The Bertz CT molecular complexity index is 935. The molecule has 0 radical (unpaired) electrons. The van der Waals surface area contributed by atoms with Gasteiger partial charge >= 0.3 is 6.03 Å². The molecule has 136 valence electrons. The van der Waals surface area contributed by atoms with E-state index < -0.39 is 0 Å². The smallest absolute Gasteiger partial charge is 0.319 e. The number of aromatic nitrogens is 1. The molecular formula is C19H19Cl2N3OS. The lowest BCUT2D eigenvalue weighted by molar-refractivity contribution is 0.249. The van der Waals surface area contributed by atoms with Gasteiger partial charge in [-0.2, -0.15) is 0 Å². The Morgan fingerprint density at radius 1 is 1.19 bits per heavy atom. The topological polar surface area (TPSA) is 46.1 Å². The number of carbonyl (C=O) groups is 1. The fraction of sp³-hybridized carbons (Fsp3) is 0.211. The predicted molar refractivity (Wildman–Crippen MR) is 110 cm³/mol. The van der Waals surface area contributed by atoms with Crippen LogP contribution in [0.5, 0.6) is 0 Å². The molecule has 2 aromatic heterocycles. The molecule has 3 rings (SSSR count). The highest BCUT2D eigenvalue weighted by atomic mass is 35.5. The predicted octanol–water partition coefficient (Wildman–Crippen LogP) is 6.35. The third-order valence-corrected chi connectivity index (χ3v) is 6.01. The first-order chi connectivity index (χ1) is 12.4. The number of hydrogen-bond acceptors (Lipinski definition) is 2. The van der Waals surface area contributed by atoms with Gasteiger partial charge in [0.05, 0.1) is 16.8 Å². The highest BCUT2D eigenvalue weighted by Crippen LogP contribution is 2.35. The van der Waals surface area contributed by atoms with Crippen molar-refractivity contribution >= 4 is 46.3 Å². The Hall–Kier alpha value is -1.95. The highest BCUT2D eigenvalue weighted by molar-refractivity contribution is 7.14. The Morgan fingerprint density at radius 2 is 1.88 bits per heavy atom. The second kappa shape index (κ2) is 7.74. The van der Waals surface area contributed by atoms with Gasteiger partial charge in [0.15, 0.2) is 0 Å². The molecule has 3 aromatic rings. The van der Waals surface area contributed by atoms with Gasteiger partial charge in [-0.3, -0.25) is 0 Å². The molecular weight excluding hydrogens is 389 g/mol. The summed E-state index contributed by atoms with van der Waals surface area (Å²) in [6.07, 6.45) is 4.01. The van der Waals surface area contributed by atoms with Gasteiger partial charge in [0.1, 0.15) is 5.00 Å². The van der Waals surface area contributed by atoms with E-state index in [1.54, 1.807) is 29.5 Å². The molecule has 0 saturated carbocycles. The molecule has 0 aliphatic rings. The van der Waals surface area contributed by atoms with Crippen LogP contribution in [0.3, 0.4) is 0 Å². The van der Waals surface area contributed by atoms with Crippen LogP contribution in [0.1, 0.15) is 29.0 Å². The summed E-state index contributed by atoms with van der Waals surface area (Å²) in [6.45, 7) is 6.15. The molecule has 0 spiro atoms. The molecule has 1 aromatic carbocycles. The van der Waals surface area contributed by atoms with Gasteiger partial charge in [-0.25, -0.2) is 4.79 Å². The molecule has 26 heavy (non-hydrogen) atoms. The first-order valence-electron chi connectivity index (χ1n) is 8.12. The van der Waals surface area contributed by atoms with Crippen molar-refractivity contribution in [2.45, 2.75) is 26.8 Å². The minimum Gasteiger partial charge on any atom is -0.331 e. The molecule has 1 unspecified atom stereocenters. The van der Waals surface area contributed by atoms with Crippen LogP contribution in [0.4, 0.5) is 10.5 Å². The van der Waals surface area contributed by atoms with Crippen LogP contribution < -0.4 is 10.6 Å². The van der Waals surface area contributed by atoms with Gasteiger partial charge in [-0.05, 0) is 56.7 Å². The van der Waals surface area contributed by atoms with Crippen molar-refractivity contribution in [2.24, 2.45) is 0 Å². The number of hydrogen-bond donors (Lipinski definition) is 2. The molecule has 2 heterocycles. The second-order valence-corrected chi connectivity index (χ2v) is 8.08. The third kappa shape index (κ3) is 3.90. The summed E-state index contributed by atoms with van der Waals surface area (Å²) in [5.41, 5.74) is 2.77. The molecule has 4 nitrogen and oxygen atoms in total. The maximum absolute atomic E-state index is 12.4. The van der Waals surface area contributed by atoms with Gasteiger partial charge in [0.25, 0.3) is 0 Å². The van der Waals surface area contributed by atoms with Crippen LogP contribution in [-0.4, -0.2) is 10.6 Å². The summed E-state index contributed by atoms with van der Waals surface area (Å²) in [5, 5.41) is 7.81. The number of thiophene rings is 1. The molecule has 0 saturated heterocycles. The van der Waals surface area contributed by atoms with Crippen molar-refractivity contribution < 1.29 is 4.79 Å². The zero-order chi connectivity index (χ0) is 18.8. The van der Waals surface area contributed by atoms with Gasteiger partial charge in [-0.15, -0.1) is 11.3 Å². The van der Waals surface area contributed by atoms with Gasteiger partial charge in [-0.1, -0.05) is 23.2 Å². The average Bonchev–Trinajstić information content (AvgIpc) is 3.20. The number of nitrogens with one attached hydrogen (secondary N) is 2. The fourth-order valence-corrected chi connectivity index (χ4v) is 4.38. The first-order valence-corrected chi connectivity index (χ1v) is 9.70. The zero-order valence-electron chi connectivity index (χ0n) is 14.6. The Labute approximate surface area is 166 Å². The van der Waals surface area contributed by atoms with Crippen molar-refractivity contribution in [3.05, 3.63) is 68.8 Å². The lowest BCUT2D eigenvalue weighted by Gasteiger charge is -2.18. The van der Waals surface area contributed by atoms with Crippen molar-refractivity contribution in [1.29, 1.82) is 0 Å². The molecule has 0 bridgehead atoms. The van der Waals surface area contributed by atoms with Crippen LogP contribution >= 0.6 is 34.5 Å². The third-order valence-electron chi connectivity index (χ3n) is 4.21. The van der Waals surface area contributed by atoms with Gasteiger partial charge < -0.3 is 15.2 Å². The van der Waals surface area contributed by atoms with E-state index in [0.717, 1.165) is 10.6 Å². The van der Waals surface area contributed by atoms with E-state index in [9.17, 15) is 4.79 Å². The number of carbonyl (C=O) groups excluding carboxylic acids is 1. The van der Waals surface area contributed by atoms with Crippen molar-refractivity contribution in [2.75, 3.05) is 5.32 Å². The number of aryl methyl sites for hydroxylation is 1.